The van der Waals surface area contributed by atoms with E-state index in [0.717, 1.165) is 24.7 Å². The number of amides is 1. The number of aromatic nitrogens is 2. The molecule has 3 rings (SSSR count). The van der Waals surface area contributed by atoms with E-state index in [2.05, 4.69) is 26.7 Å². The van der Waals surface area contributed by atoms with Gasteiger partial charge < -0.3 is 25.4 Å². The van der Waals surface area contributed by atoms with E-state index in [0.29, 0.717) is 35.9 Å². The molecule has 1 aliphatic rings. The first-order chi connectivity index (χ1) is 14.5. The minimum Gasteiger partial charge on any atom is -0.395 e. The lowest BCUT2D eigenvalue weighted by atomic mass is 10.1. The summed E-state index contributed by atoms with van der Waals surface area (Å²) in [6.07, 6.45) is 5.66. The van der Waals surface area contributed by atoms with Gasteiger partial charge in [-0.05, 0) is 32.0 Å². The second kappa shape index (κ2) is 9.91. The van der Waals surface area contributed by atoms with E-state index >= 15 is 0 Å². The van der Waals surface area contributed by atoms with Crippen molar-refractivity contribution in [3.63, 3.8) is 0 Å². The van der Waals surface area contributed by atoms with E-state index in [1.54, 1.807) is 31.4 Å². The molecule has 3 N–H and O–H groups in total. The highest BCUT2D eigenvalue weighted by Gasteiger charge is 2.29. The fourth-order valence-electron chi connectivity index (χ4n) is 2.96. The summed E-state index contributed by atoms with van der Waals surface area (Å²) in [4.78, 5) is 33.7. The van der Waals surface area contributed by atoms with Crippen LogP contribution in [0.1, 0.15) is 18.4 Å². The highest BCUT2D eigenvalue weighted by Crippen LogP contribution is 2.30. The molecule has 0 bridgehead atoms. The molecule has 9 nitrogen and oxygen atoms in total. The van der Waals surface area contributed by atoms with Crippen molar-refractivity contribution in [3.05, 3.63) is 36.2 Å². The van der Waals surface area contributed by atoms with Crippen molar-refractivity contribution in [2.45, 2.75) is 18.9 Å². The van der Waals surface area contributed by atoms with Gasteiger partial charge in [0, 0.05) is 24.6 Å². The number of nitrogens with one attached hydrogen (secondary N) is 2. The molecule has 1 aliphatic carbocycles. The fourth-order valence-corrected chi connectivity index (χ4v) is 2.96. The van der Waals surface area contributed by atoms with Crippen LogP contribution in [0.15, 0.2) is 30.6 Å². The Morgan fingerprint density at radius 1 is 1.40 bits per heavy atom. The SMILES string of the molecule is CN(CCO)C[C@@H](C=O)Nc1cc(-c2cnc(NC(=O)C3CC3)cn2)ccc1C#N. The van der Waals surface area contributed by atoms with Crippen LogP contribution >= 0.6 is 0 Å². The summed E-state index contributed by atoms with van der Waals surface area (Å²) < 4.78 is 0. The van der Waals surface area contributed by atoms with Crippen molar-refractivity contribution in [1.29, 1.82) is 5.26 Å². The van der Waals surface area contributed by atoms with Crippen LogP contribution in [0.3, 0.4) is 0 Å². The monoisotopic (exact) mass is 408 g/mol. The number of nitriles is 1. The summed E-state index contributed by atoms with van der Waals surface area (Å²) in [6, 6.07) is 6.72. The molecule has 0 saturated heterocycles. The van der Waals surface area contributed by atoms with E-state index < -0.39 is 6.04 Å². The second-order valence-corrected chi connectivity index (χ2v) is 7.30. The highest BCUT2D eigenvalue weighted by molar-refractivity contribution is 5.93. The van der Waals surface area contributed by atoms with Gasteiger partial charge >= 0.3 is 0 Å². The van der Waals surface area contributed by atoms with Gasteiger partial charge in [0.05, 0.1) is 42.0 Å². The first-order valence-corrected chi connectivity index (χ1v) is 9.72. The lowest BCUT2D eigenvalue weighted by Crippen LogP contribution is -2.37. The second-order valence-electron chi connectivity index (χ2n) is 7.30. The summed E-state index contributed by atoms with van der Waals surface area (Å²) >= 11 is 0. The smallest absolute Gasteiger partial charge is 0.228 e. The molecule has 1 amide bonds. The van der Waals surface area contributed by atoms with Gasteiger partial charge in [0.25, 0.3) is 0 Å². The standard InChI is InChI=1S/C21H24N6O3/c1-27(6-7-28)12-17(13-29)25-18-8-15(4-5-16(18)9-22)19-10-24-20(11-23-19)26-21(30)14-2-3-14/h4-5,8,10-11,13-14,17,25,28H,2-3,6-7,12H2,1H3,(H,24,26,30)/t17-/m0/s1. The zero-order chi connectivity index (χ0) is 21.5. The van der Waals surface area contributed by atoms with Gasteiger partial charge in [-0.1, -0.05) is 6.07 Å². The third-order valence-corrected chi connectivity index (χ3v) is 4.78. The lowest BCUT2D eigenvalue weighted by Gasteiger charge is -2.22. The molecule has 9 heteroatoms. The van der Waals surface area contributed by atoms with Crippen LogP contribution in [0.4, 0.5) is 11.5 Å². The van der Waals surface area contributed by atoms with Gasteiger partial charge in [-0.15, -0.1) is 0 Å². The quantitative estimate of drug-likeness (QED) is 0.501. The Bertz CT molecular complexity index is 937. The number of anilines is 2. The topological polar surface area (TPSA) is 131 Å². The molecule has 0 aliphatic heterocycles. The predicted molar refractivity (Wildman–Crippen MR) is 112 cm³/mol. The Balaban J connectivity index is 1.75. The molecule has 1 saturated carbocycles. The van der Waals surface area contributed by atoms with Crippen molar-refractivity contribution in [1.82, 2.24) is 14.9 Å². The normalized spacial score (nSPS) is 14.1. The summed E-state index contributed by atoms with van der Waals surface area (Å²) in [5.41, 5.74) is 2.21. The molecule has 0 unspecified atom stereocenters. The van der Waals surface area contributed by atoms with Crippen LogP contribution in [-0.4, -0.2) is 65.0 Å². The van der Waals surface area contributed by atoms with Crippen LogP contribution < -0.4 is 10.6 Å². The maximum absolute atomic E-state index is 11.8. The van der Waals surface area contributed by atoms with Gasteiger partial charge in [0.1, 0.15) is 12.4 Å². The Kier molecular flexibility index (Phi) is 7.06. The molecule has 30 heavy (non-hydrogen) atoms. The van der Waals surface area contributed by atoms with Crippen LogP contribution in [0.25, 0.3) is 11.3 Å². The third-order valence-electron chi connectivity index (χ3n) is 4.78. The Morgan fingerprint density at radius 2 is 2.20 bits per heavy atom. The molecular weight excluding hydrogens is 384 g/mol. The number of carbonyl (C=O) groups excluding carboxylic acids is 2. The van der Waals surface area contributed by atoms with Crippen molar-refractivity contribution >= 4 is 23.7 Å². The molecule has 1 aromatic carbocycles. The van der Waals surface area contributed by atoms with Crippen molar-refractivity contribution in [2.75, 3.05) is 37.4 Å². The molecule has 1 atom stereocenters. The molecule has 2 aromatic rings. The van der Waals surface area contributed by atoms with E-state index in [-0.39, 0.29) is 18.4 Å². The van der Waals surface area contributed by atoms with Gasteiger partial charge in [-0.3, -0.25) is 9.78 Å². The summed E-state index contributed by atoms with van der Waals surface area (Å²) in [5, 5.41) is 24.3. The molecule has 1 fully saturated rings. The average Bonchev–Trinajstić information content (AvgIpc) is 3.59. The molecule has 1 heterocycles. The van der Waals surface area contributed by atoms with Crippen LogP contribution in [-0.2, 0) is 9.59 Å². The molecule has 156 valence electrons. The Hall–Kier alpha value is -3.35. The number of aliphatic hydroxyl groups excluding tert-OH is 1. The zero-order valence-electron chi connectivity index (χ0n) is 16.7. The van der Waals surface area contributed by atoms with E-state index in [1.165, 1.54) is 6.20 Å². The Labute approximate surface area is 174 Å². The lowest BCUT2D eigenvalue weighted by molar-refractivity contribution is -0.117. The largest absolute Gasteiger partial charge is 0.395 e. The summed E-state index contributed by atoms with van der Waals surface area (Å²) in [6.45, 7) is 0.821. The number of nitrogens with zero attached hydrogens (tertiary/aromatic N) is 4. The van der Waals surface area contributed by atoms with E-state index in [4.69, 9.17) is 5.11 Å². The van der Waals surface area contributed by atoms with Crippen molar-refractivity contribution < 1.29 is 14.7 Å². The van der Waals surface area contributed by atoms with Crippen LogP contribution in [0.5, 0.6) is 0 Å². The maximum Gasteiger partial charge on any atom is 0.228 e. The molecule has 1 aromatic heterocycles. The highest BCUT2D eigenvalue weighted by atomic mass is 16.3. The summed E-state index contributed by atoms with van der Waals surface area (Å²) in [5.74, 6) is 0.449. The fraction of sp³-hybridized carbons (Fsp3) is 0.381. The maximum atomic E-state index is 11.8. The van der Waals surface area contributed by atoms with E-state index in [1.807, 2.05) is 4.90 Å². The number of benzene rings is 1. The predicted octanol–water partition coefficient (Wildman–Crippen LogP) is 1.27. The number of hydrogen-bond acceptors (Lipinski definition) is 8. The van der Waals surface area contributed by atoms with Crippen molar-refractivity contribution in [3.8, 4) is 17.3 Å². The first kappa shape index (κ1) is 21.4. The minimum atomic E-state index is -0.546. The van der Waals surface area contributed by atoms with Gasteiger partial charge in [-0.2, -0.15) is 5.26 Å². The molecule has 0 spiro atoms. The molecule has 0 radical (unpaired) electrons. The average molecular weight is 408 g/mol. The minimum absolute atomic E-state index is 0.00319. The number of hydrogen-bond donors (Lipinski definition) is 3. The van der Waals surface area contributed by atoms with E-state index in [9.17, 15) is 14.9 Å². The van der Waals surface area contributed by atoms with Gasteiger partial charge in [0.2, 0.25) is 5.91 Å². The van der Waals surface area contributed by atoms with Gasteiger partial charge in [0.15, 0.2) is 5.82 Å². The number of rotatable bonds is 10. The zero-order valence-corrected chi connectivity index (χ0v) is 16.7. The van der Waals surface area contributed by atoms with Crippen LogP contribution in [0, 0.1) is 17.2 Å². The first-order valence-electron chi connectivity index (χ1n) is 9.72. The van der Waals surface area contributed by atoms with Gasteiger partial charge in [-0.25, -0.2) is 4.98 Å². The number of likely N-dealkylation sites (N-methyl/N-ethyl adjacent to an activating group) is 1. The third kappa shape index (κ3) is 5.59. The summed E-state index contributed by atoms with van der Waals surface area (Å²) in [7, 11) is 1.80. The van der Waals surface area contributed by atoms with Crippen LogP contribution in [0.2, 0.25) is 0 Å². The number of aliphatic hydroxyl groups is 1. The molecular formula is C21H24N6O3. The number of aldehydes is 1. The van der Waals surface area contributed by atoms with Crippen molar-refractivity contribution in [2.24, 2.45) is 5.92 Å². The number of carbonyl (C=O) groups is 2. The Morgan fingerprint density at radius 3 is 2.80 bits per heavy atom.